The molecular formula is C22H22ClNO5. The van der Waals surface area contributed by atoms with Crippen LogP contribution >= 0.6 is 11.6 Å². The molecule has 1 heterocycles. The molecule has 1 amide bonds. The molecule has 1 aliphatic heterocycles. The first kappa shape index (κ1) is 20.9. The summed E-state index contributed by atoms with van der Waals surface area (Å²) in [5.74, 6) is -2.94. The van der Waals surface area contributed by atoms with Crippen molar-refractivity contribution >= 4 is 29.4 Å². The number of nitrogens with zero attached hydrogens (tertiary/aromatic N) is 1. The van der Waals surface area contributed by atoms with Gasteiger partial charge in [0.1, 0.15) is 0 Å². The molecule has 152 valence electrons. The van der Waals surface area contributed by atoms with E-state index >= 15 is 0 Å². The fourth-order valence-corrected chi connectivity index (χ4v) is 4.13. The lowest BCUT2D eigenvalue weighted by atomic mass is 9.75. The number of carbonyl (C=O) groups excluding carboxylic acids is 3. The average molecular weight is 416 g/mol. The number of halogens is 1. The van der Waals surface area contributed by atoms with Crippen molar-refractivity contribution in [1.29, 1.82) is 0 Å². The fraction of sp³-hybridized carbons (Fsp3) is 0.318. The van der Waals surface area contributed by atoms with E-state index in [-0.39, 0.29) is 25.3 Å². The number of hydrogen-bond donors (Lipinski definition) is 0. The largest absolute Gasteiger partial charge is 0.468 e. The Hall–Kier alpha value is -2.86. The topological polar surface area (TPSA) is 72.9 Å². The Morgan fingerprint density at radius 2 is 1.62 bits per heavy atom. The van der Waals surface area contributed by atoms with Crippen LogP contribution in [0.3, 0.4) is 0 Å². The molecule has 0 bridgehead atoms. The molecule has 2 aromatic rings. The molecule has 0 radical (unpaired) electrons. The minimum Gasteiger partial charge on any atom is -0.468 e. The smallest absolute Gasteiger partial charge is 0.322 e. The van der Waals surface area contributed by atoms with Crippen LogP contribution in [-0.4, -0.2) is 37.0 Å². The van der Waals surface area contributed by atoms with Crippen molar-refractivity contribution in [3.63, 3.8) is 0 Å². The van der Waals surface area contributed by atoms with Crippen molar-refractivity contribution in [2.75, 3.05) is 14.2 Å². The minimum atomic E-state index is -1.31. The number of likely N-dealkylation sites (tertiary alicyclic amines) is 1. The maximum absolute atomic E-state index is 13.0. The Morgan fingerprint density at radius 3 is 2.17 bits per heavy atom. The van der Waals surface area contributed by atoms with Crippen LogP contribution < -0.4 is 0 Å². The highest BCUT2D eigenvalue weighted by atomic mass is 35.5. The lowest BCUT2D eigenvalue weighted by Gasteiger charge is -2.42. The number of methoxy groups -OCH3 is 2. The van der Waals surface area contributed by atoms with Crippen LogP contribution in [0.1, 0.15) is 24.0 Å². The fourth-order valence-electron chi connectivity index (χ4n) is 4.01. The van der Waals surface area contributed by atoms with Crippen LogP contribution in [0.25, 0.3) is 0 Å². The maximum Gasteiger partial charge on any atom is 0.322 e. The third kappa shape index (κ3) is 3.85. The number of amides is 1. The molecule has 3 rings (SSSR count). The summed E-state index contributed by atoms with van der Waals surface area (Å²) in [4.78, 5) is 40.0. The summed E-state index contributed by atoms with van der Waals surface area (Å²) in [5, 5.41) is 0.581. The molecule has 1 atom stereocenters. The Bertz CT molecular complexity index is 883. The van der Waals surface area contributed by atoms with Gasteiger partial charge >= 0.3 is 11.9 Å². The zero-order valence-electron chi connectivity index (χ0n) is 16.3. The molecule has 7 heteroatoms. The molecule has 0 spiro atoms. The van der Waals surface area contributed by atoms with E-state index in [2.05, 4.69) is 0 Å². The van der Waals surface area contributed by atoms with Crippen LogP contribution in [0.4, 0.5) is 0 Å². The van der Waals surface area contributed by atoms with E-state index < -0.39 is 23.4 Å². The number of esters is 2. The molecule has 6 nitrogen and oxygen atoms in total. The highest BCUT2D eigenvalue weighted by molar-refractivity contribution is 6.30. The van der Waals surface area contributed by atoms with Crippen molar-refractivity contribution in [2.45, 2.75) is 24.9 Å². The molecular weight excluding hydrogens is 394 g/mol. The van der Waals surface area contributed by atoms with Gasteiger partial charge in [-0.05, 0) is 29.7 Å². The van der Waals surface area contributed by atoms with Gasteiger partial charge in [-0.25, -0.2) is 0 Å². The SMILES string of the molecule is COC(=O)C(C(=O)OC)C1(c2ccccc2)CCC(=O)N1Cc1ccc(Cl)cc1. The standard InChI is InChI=1S/C22H22ClNO5/c1-28-20(26)19(21(27)29-2)22(16-6-4-3-5-7-16)13-12-18(25)24(22)14-15-8-10-17(23)11-9-15/h3-11,19H,12-14H2,1-2H3. The van der Waals surface area contributed by atoms with E-state index in [4.69, 9.17) is 21.1 Å². The predicted molar refractivity (Wildman–Crippen MR) is 107 cm³/mol. The van der Waals surface area contributed by atoms with Crippen LogP contribution in [0.15, 0.2) is 54.6 Å². The van der Waals surface area contributed by atoms with Crippen molar-refractivity contribution in [2.24, 2.45) is 5.92 Å². The third-order valence-electron chi connectivity index (χ3n) is 5.38. The first-order chi connectivity index (χ1) is 13.9. The maximum atomic E-state index is 13.0. The van der Waals surface area contributed by atoms with Crippen molar-refractivity contribution in [3.05, 3.63) is 70.7 Å². The Kier molecular flexibility index (Phi) is 6.23. The van der Waals surface area contributed by atoms with Gasteiger partial charge in [-0.15, -0.1) is 0 Å². The second-order valence-electron chi connectivity index (χ2n) is 6.88. The number of carbonyl (C=O) groups is 3. The quantitative estimate of drug-likeness (QED) is 0.534. The van der Waals surface area contributed by atoms with Crippen molar-refractivity contribution in [3.8, 4) is 0 Å². The van der Waals surface area contributed by atoms with Gasteiger partial charge in [-0.2, -0.15) is 0 Å². The minimum absolute atomic E-state index is 0.151. The lowest BCUT2D eigenvalue weighted by Crippen LogP contribution is -2.54. The van der Waals surface area contributed by atoms with Gasteiger partial charge in [0.05, 0.1) is 19.8 Å². The summed E-state index contributed by atoms with van der Waals surface area (Å²) in [6.45, 7) is 0.218. The first-order valence-corrected chi connectivity index (χ1v) is 9.58. The van der Waals surface area contributed by atoms with Crippen molar-refractivity contribution in [1.82, 2.24) is 4.90 Å². The van der Waals surface area contributed by atoms with Crippen LogP contribution in [-0.2, 0) is 35.9 Å². The van der Waals surface area contributed by atoms with Crippen LogP contribution in [0.5, 0.6) is 0 Å². The van der Waals surface area contributed by atoms with Gasteiger partial charge in [-0.1, -0.05) is 54.1 Å². The van der Waals surface area contributed by atoms with Gasteiger partial charge in [0, 0.05) is 18.0 Å². The van der Waals surface area contributed by atoms with Gasteiger partial charge < -0.3 is 14.4 Å². The predicted octanol–water partition coefficient (Wildman–Crippen LogP) is 3.32. The van der Waals surface area contributed by atoms with Gasteiger partial charge in [-0.3, -0.25) is 14.4 Å². The molecule has 0 N–H and O–H groups in total. The highest BCUT2D eigenvalue weighted by Gasteiger charge is 2.58. The van der Waals surface area contributed by atoms with E-state index in [1.165, 1.54) is 14.2 Å². The molecule has 0 aromatic heterocycles. The molecule has 29 heavy (non-hydrogen) atoms. The second-order valence-corrected chi connectivity index (χ2v) is 7.31. The number of benzene rings is 2. The Balaban J connectivity index is 2.17. The molecule has 1 aliphatic rings. The second kappa shape index (κ2) is 8.66. The van der Waals surface area contributed by atoms with E-state index in [1.807, 2.05) is 42.5 Å². The van der Waals surface area contributed by atoms with E-state index in [9.17, 15) is 14.4 Å². The highest BCUT2D eigenvalue weighted by Crippen LogP contribution is 2.47. The van der Waals surface area contributed by atoms with E-state index in [1.54, 1.807) is 17.0 Å². The van der Waals surface area contributed by atoms with E-state index in [0.717, 1.165) is 5.56 Å². The molecule has 2 aromatic carbocycles. The molecule has 0 saturated carbocycles. The summed E-state index contributed by atoms with van der Waals surface area (Å²) in [6.07, 6.45) is 0.491. The normalized spacial score (nSPS) is 18.8. The van der Waals surface area contributed by atoms with Gasteiger partial charge in [0.15, 0.2) is 5.92 Å². The summed E-state index contributed by atoms with van der Waals surface area (Å²) in [5.41, 5.74) is 0.303. The number of hydrogen-bond acceptors (Lipinski definition) is 5. The lowest BCUT2D eigenvalue weighted by molar-refractivity contribution is -0.168. The average Bonchev–Trinajstić information content (AvgIpc) is 3.07. The first-order valence-electron chi connectivity index (χ1n) is 9.20. The van der Waals surface area contributed by atoms with E-state index in [0.29, 0.717) is 10.6 Å². The number of ether oxygens (including phenoxy) is 2. The zero-order valence-corrected chi connectivity index (χ0v) is 17.0. The molecule has 1 unspecified atom stereocenters. The van der Waals surface area contributed by atoms with Gasteiger partial charge in [0.25, 0.3) is 0 Å². The summed E-state index contributed by atoms with van der Waals surface area (Å²) >= 11 is 5.98. The molecule has 1 saturated heterocycles. The van der Waals surface area contributed by atoms with Crippen molar-refractivity contribution < 1.29 is 23.9 Å². The summed E-state index contributed by atoms with van der Waals surface area (Å²) in [6, 6.07) is 16.2. The van der Waals surface area contributed by atoms with Crippen LogP contribution in [0, 0.1) is 5.92 Å². The Morgan fingerprint density at radius 1 is 1.03 bits per heavy atom. The van der Waals surface area contributed by atoms with Gasteiger partial charge in [0.2, 0.25) is 5.91 Å². The zero-order chi connectivity index (χ0) is 21.0. The summed E-state index contributed by atoms with van der Waals surface area (Å²) < 4.78 is 9.90. The number of rotatable bonds is 6. The monoisotopic (exact) mass is 415 g/mol. The summed E-state index contributed by atoms with van der Waals surface area (Å²) in [7, 11) is 2.44. The Labute approximate surface area is 174 Å². The molecule has 1 fully saturated rings. The molecule has 0 aliphatic carbocycles. The third-order valence-corrected chi connectivity index (χ3v) is 5.63. The van der Waals surface area contributed by atoms with Crippen LogP contribution in [0.2, 0.25) is 5.02 Å².